The number of aryl methyl sites for hydroxylation is 1. The number of aromatic nitrogens is 2. The van der Waals surface area contributed by atoms with Gasteiger partial charge in [-0.2, -0.15) is 0 Å². The van der Waals surface area contributed by atoms with Crippen LogP contribution in [0, 0.1) is 6.92 Å². The molecule has 1 heterocycles. The van der Waals surface area contributed by atoms with E-state index in [4.69, 9.17) is 4.74 Å². The summed E-state index contributed by atoms with van der Waals surface area (Å²) in [6.45, 7) is 2.81. The minimum atomic E-state index is 0. The van der Waals surface area contributed by atoms with Gasteiger partial charge in [0.25, 0.3) is 0 Å². The Morgan fingerprint density at radius 1 is 1.14 bits per heavy atom. The number of H-pyrrole nitrogens is 1. The summed E-state index contributed by atoms with van der Waals surface area (Å²) < 4.78 is 5.74. The number of fused-ring (bicyclic) bond motifs is 1. The SMILES string of the molecule is Cc1cccc(OCCCSc2nc3ccccc3[nH]2)c1.Cl. The molecule has 0 unspecified atom stereocenters. The molecular formula is C17H19ClN2OS. The predicted octanol–water partition coefficient (Wildman–Crippen LogP) is 4.85. The fourth-order valence-electron chi connectivity index (χ4n) is 2.12. The molecule has 0 aliphatic rings. The summed E-state index contributed by atoms with van der Waals surface area (Å²) >= 11 is 1.74. The van der Waals surface area contributed by atoms with Gasteiger partial charge < -0.3 is 9.72 Å². The lowest BCUT2D eigenvalue weighted by molar-refractivity contribution is 0.318. The van der Waals surface area contributed by atoms with E-state index >= 15 is 0 Å². The third kappa shape index (κ3) is 4.42. The van der Waals surface area contributed by atoms with Crippen LogP contribution in [0.15, 0.2) is 53.7 Å². The van der Waals surface area contributed by atoms with Crippen LogP contribution in [0.3, 0.4) is 0 Å². The highest BCUT2D eigenvalue weighted by Crippen LogP contribution is 2.20. The number of halogens is 1. The molecular weight excluding hydrogens is 316 g/mol. The second-order valence-corrected chi connectivity index (χ2v) is 6.01. The predicted molar refractivity (Wildman–Crippen MR) is 95.4 cm³/mol. The summed E-state index contributed by atoms with van der Waals surface area (Å²) in [6, 6.07) is 16.3. The average Bonchev–Trinajstić information content (AvgIpc) is 2.89. The number of nitrogens with one attached hydrogen (secondary N) is 1. The van der Waals surface area contributed by atoms with Crippen LogP contribution in [0.1, 0.15) is 12.0 Å². The number of hydrogen-bond donors (Lipinski definition) is 1. The summed E-state index contributed by atoms with van der Waals surface area (Å²) in [5.74, 6) is 1.94. The van der Waals surface area contributed by atoms with Crippen molar-refractivity contribution >= 4 is 35.2 Å². The van der Waals surface area contributed by atoms with Gasteiger partial charge in [-0.15, -0.1) is 12.4 Å². The number of aromatic amines is 1. The van der Waals surface area contributed by atoms with Crippen molar-refractivity contribution < 1.29 is 4.74 Å². The topological polar surface area (TPSA) is 37.9 Å². The molecule has 0 bridgehead atoms. The van der Waals surface area contributed by atoms with E-state index in [2.05, 4.69) is 29.0 Å². The van der Waals surface area contributed by atoms with Crippen LogP contribution in [0.5, 0.6) is 5.75 Å². The Bertz CT molecular complexity index is 696. The number of ether oxygens (including phenoxy) is 1. The number of imidazole rings is 1. The lowest BCUT2D eigenvalue weighted by Gasteiger charge is -2.06. The third-order valence-corrected chi connectivity index (χ3v) is 4.11. The molecule has 3 rings (SSSR count). The maximum Gasteiger partial charge on any atom is 0.166 e. The third-order valence-electron chi connectivity index (χ3n) is 3.15. The summed E-state index contributed by atoms with van der Waals surface area (Å²) in [5, 5.41) is 0.978. The molecule has 5 heteroatoms. The maximum atomic E-state index is 5.74. The molecule has 0 saturated heterocycles. The molecule has 0 amide bonds. The van der Waals surface area contributed by atoms with E-state index < -0.39 is 0 Å². The quantitative estimate of drug-likeness (QED) is 0.517. The molecule has 1 aromatic heterocycles. The minimum absolute atomic E-state index is 0. The smallest absolute Gasteiger partial charge is 0.166 e. The van der Waals surface area contributed by atoms with Gasteiger partial charge in [-0.25, -0.2) is 4.98 Å². The molecule has 0 aliphatic carbocycles. The Balaban J connectivity index is 0.00000176. The van der Waals surface area contributed by atoms with Gasteiger partial charge >= 0.3 is 0 Å². The van der Waals surface area contributed by atoms with E-state index in [-0.39, 0.29) is 12.4 Å². The molecule has 2 aromatic carbocycles. The zero-order chi connectivity index (χ0) is 14.5. The van der Waals surface area contributed by atoms with Gasteiger partial charge in [0.1, 0.15) is 5.75 Å². The molecule has 1 N–H and O–H groups in total. The molecule has 0 spiro atoms. The fraction of sp³-hybridized carbons (Fsp3) is 0.235. The fourth-order valence-corrected chi connectivity index (χ4v) is 2.92. The molecule has 0 fully saturated rings. The number of benzene rings is 2. The van der Waals surface area contributed by atoms with Gasteiger partial charge in [-0.05, 0) is 43.2 Å². The second kappa shape index (κ2) is 8.11. The second-order valence-electron chi connectivity index (χ2n) is 4.93. The van der Waals surface area contributed by atoms with E-state index in [0.717, 1.165) is 40.7 Å². The zero-order valence-corrected chi connectivity index (χ0v) is 14.0. The highest BCUT2D eigenvalue weighted by Gasteiger charge is 2.02. The standard InChI is InChI=1S/C17H18N2OS.ClH/c1-13-6-4-7-14(12-13)20-10-5-11-21-17-18-15-8-2-3-9-16(15)19-17;/h2-4,6-9,12H,5,10-11H2,1H3,(H,18,19);1H. The van der Waals surface area contributed by atoms with Gasteiger partial charge in [0, 0.05) is 5.75 Å². The number of thioether (sulfide) groups is 1. The van der Waals surface area contributed by atoms with E-state index in [1.54, 1.807) is 11.8 Å². The zero-order valence-electron chi connectivity index (χ0n) is 12.4. The van der Waals surface area contributed by atoms with Crippen LogP contribution in [0.2, 0.25) is 0 Å². The van der Waals surface area contributed by atoms with Crippen molar-refractivity contribution in [1.29, 1.82) is 0 Å². The average molecular weight is 335 g/mol. The molecule has 0 atom stereocenters. The van der Waals surface area contributed by atoms with E-state index in [0.29, 0.717) is 0 Å². The Hall–Kier alpha value is -1.65. The molecule has 116 valence electrons. The minimum Gasteiger partial charge on any atom is -0.494 e. The Labute approximate surface area is 140 Å². The van der Waals surface area contributed by atoms with E-state index in [9.17, 15) is 0 Å². The number of hydrogen-bond acceptors (Lipinski definition) is 3. The molecule has 0 radical (unpaired) electrons. The van der Waals surface area contributed by atoms with Gasteiger partial charge in [0.05, 0.1) is 17.6 Å². The van der Waals surface area contributed by atoms with E-state index in [1.165, 1.54) is 5.56 Å². The van der Waals surface area contributed by atoms with Gasteiger partial charge in [-0.3, -0.25) is 0 Å². The van der Waals surface area contributed by atoms with Crippen molar-refractivity contribution in [2.45, 2.75) is 18.5 Å². The highest BCUT2D eigenvalue weighted by molar-refractivity contribution is 7.99. The first kappa shape index (κ1) is 16.7. The largest absolute Gasteiger partial charge is 0.494 e. The normalized spacial score (nSPS) is 10.4. The van der Waals surface area contributed by atoms with Crippen LogP contribution < -0.4 is 4.74 Å². The molecule has 3 nitrogen and oxygen atoms in total. The first-order chi connectivity index (χ1) is 10.3. The van der Waals surface area contributed by atoms with Gasteiger partial charge in [-0.1, -0.05) is 36.0 Å². The monoisotopic (exact) mass is 334 g/mol. The summed E-state index contributed by atoms with van der Waals surface area (Å²) in [4.78, 5) is 7.87. The molecule has 0 aliphatic heterocycles. The van der Waals surface area contributed by atoms with Gasteiger partial charge in [0.2, 0.25) is 0 Å². The molecule has 0 saturated carbocycles. The van der Waals surface area contributed by atoms with Crippen LogP contribution in [0.4, 0.5) is 0 Å². The van der Waals surface area contributed by atoms with Crippen LogP contribution in [-0.2, 0) is 0 Å². The van der Waals surface area contributed by atoms with Crippen molar-refractivity contribution in [3.63, 3.8) is 0 Å². The highest BCUT2D eigenvalue weighted by atomic mass is 35.5. The lowest BCUT2D eigenvalue weighted by Crippen LogP contribution is -1.98. The Kier molecular flexibility index (Phi) is 6.16. The summed E-state index contributed by atoms with van der Waals surface area (Å²) in [5.41, 5.74) is 3.34. The maximum absolute atomic E-state index is 5.74. The van der Waals surface area contributed by atoms with Crippen molar-refractivity contribution in [3.05, 3.63) is 54.1 Å². The van der Waals surface area contributed by atoms with Crippen molar-refractivity contribution in [2.75, 3.05) is 12.4 Å². The number of nitrogens with zero attached hydrogens (tertiary/aromatic N) is 1. The molecule has 3 aromatic rings. The summed E-state index contributed by atoms with van der Waals surface area (Å²) in [7, 11) is 0. The first-order valence-corrected chi connectivity index (χ1v) is 8.07. The van der Waals surface area contributed by atoms with Crippen molar-refractivity contribution in [1.82, 2.24) is 9.97 Å². The van der Waals surface area contributed by atoms with Crippen molar-refractivity contribution in [3.8, 4) is 5.75 Å². The lowest BCUT2D eigenvalue weighted by atomic mass is 10.2. The Morgan fingerprint density at radius 2 is 2.00 bits per heavy atom. The molecule has 22 heavy (non-hydrogen) atoms. The van der Waals surface area contributed by atoms with Crippen LogP contribution in [-0.4, -0.2) is 22.3 Å². The van der Waals surface area contributed by atoms with Gasteiger partial charge in [0.15, 0.2) is 5.16 Å². The summed E-state index contributed by atoms with van der Waals surface area (Å²) in [6.07, 6.45) is 0.996. The van der Waals surface area contributed by atoms with E-state index in [1.807, 2.05) is 36.4 Å². The number of para-hydroxylation sites is 2. The van der Waals surface area contributed by atoms with Crippen LogP contribution in [0.25, 0.3) is 11.0 Å². The Morgan fingerprint density at radius 3 is 2.82 bits per heavy atom. The van der Waals surface area contributed by atoms with Crippen molar-refractivity contribution in [2.24, 2.45) is 0 Å². The van der Waals surface area contributed by atoms with Crippen LogP contribution >= 0.6 is 24.2 Å². The first-order valence-electron chi connectivity index (χ1n) is 7.08. The number of rotatable bonds is 6.